The van der Waals surface area contributed by atoms with Gasteiger partial charge in [0.15, 0.2) is 11.5 Å². The van der Waals surface area contributed by atoms with Crippen LogP contribution in [0.5, 0.6) is 11.5 Å². The number of aryl methyl sites for hydroxylation is 1. The van der Waals surface area contributed by atoms with Gasteiger partial charge in [-0.15, -0.1) is 0 Å². The van der Waals surface area contributed by atoms with Gasteiger partial charge in [0.25, 0.3) is 10.0 Å². The zero-order chi connectivity index (χ0) is 15.5. The number of methoxy groups -OCH3 is 2. The highest BCUT2D eigenvalue weighted by molar-refractivity contribution is 7.92. The van der Waals surface area contributed by atoms with Crippen molar-refractivity contribution in [1.29, 1.82) is 0 Å². The number of hydrogen-bond donors (Lipinski definition) is 1. The average molecular weight is 307 g/mol. The number of ether oxygens (including phenoxy) is 2. The number of benzene rings is 2. The Morgan fingerprint density at radius 1 is 0.952 bits per heavy atom. The molecule has 21 heavy (non-hydrogen) atoms. The van der Waals surface area contributed by atoms with Crippen LogP contribution in [0.1, 0.15) is 5.56 Å². The number of hydrogen-bond acceptors (Lipinski definition) is 4. The van der Waals surface area contributed by atoms with E-state index in [1.807, 2.05) is 13.0 Å². The van der Waals surface area contributed by atoms with Crippen molar-refractivity contribution in [3.8, 4) is 11.5 Å². The molecule has 0 bridgehead atoms. The van der Waals surface area contributed by atoms with Crippen molar-refractivity contribution in [2.45, 2.75) is 11.8 Å². The average Bonchev–Trinajstić information content (AvgIpc) is 2.46. The highest BCUT2D eigenvalue weighted by Gasteiger charge is 2.17. The summed E-state index contributed by atoms with van der Waals surface area (Å²) < 4.78 is 37.5. The molecule has 0 saturated carbocycles. The molecule has 0 heterocycles. The number of anilines is 1. The lowest BCUT2D eigenvalue weighted by Crippen LogP contribution is -2.13. The summed E-state index contributed by atoms with van der Waals surface area (Å²) in [5.74, 6) is 0.844. The molecule has 0 unspecified atom stereocenters. The summed E-state index contributed by atoms with van der Waals surface area (Å²) in [5, 5.41) is 0. The monoisotopic (exact) mass is 307 g/mol. The zero-order valence-electron chi connectivity index (χ0n) is 12.1. The fraction of sp³-hybridized carbons (Fsp3) is 0.200. The third kappa shape index (κ3) is 3.46. The van der Waals surface area contributed by atoms with E-state index in [1.54, 1.807) is 24.3 Å². The second-order valence-electron chi connectivity index (χ2n) is 4.49. The second kappa shape index (κ2) is 6.05. The molecular weight excluding hydrogens is 290 g/mol. The van der Waals surface area contributed by atoms with Crippen molar-refractivity contribution in [3.05, 3.63) is 48.0 Å². The number of nitrogens with one attached hydrogen (secondary N) is 1. The molecular formula is C15H17NO4S. The molecule has 0 amide bonds. The Labute approximate surface area is 124 Å². The Hall–Kier alpha value is -2.21. The smallest absolute Gasteiger partial charge is 0.262 e. The first kappa shape index (κ1) is 15.2. The van der Waals surface area contributed by atoms with Gasteiger partial charge in [0.05, 0.1) is 19.1 Å². The van der Waals surface area contributed by atoms with Gasteiger partial charge in [-0.3, -0.25) is 4.72 Å². The molecule has 2 aromatic carbocycles. The van der Waals surface area contributed by atoms with E-state index in [4.69, 9.17) is 9.47 Å². The second-order valence-corrected chi connectivity index (χ2v) is 6.17. The van der Waals surface area contributed by atoms with Crippen molar-refractivity contribution >= 4 is 15.7 Å². The molecule has 6 heteroatoms. The molecule has 2 rings (SSSR count). The Bertz CT molecular complexity index is 741. The van der Waals surface area contributed by atoms with Crippen LogP contribution in [-0.4, -0.2) is 22.6 Å². The molecule has 0 radical (unpaired) electrons. The van der Waals surface area contributed by atoms with Gasteiger partial charge in [-0.25, -0.2) is 8.42 Å². The molecule has 0 aliphatic carbocycles. The maximum Gasteiger partial charge on any atom is 0.262 e. The molecule has 0 aromatic heterocycles. The summed E-state index contributed by atoms with van der Waals surface area (Å²) >= 11 is 0. The van der Waals surface area contributed by atoms with Gasteiger partial charge in [0.2, 0.25) is 0 Å². The quantitative estimate of drug-likeness (QED) is 0.922. The Morgan fingerprint density at radius 2 is 1.67 bits per heavy atom. The van der Waals surface area contributed by atoms with Crippen LogP contribution in [0.15, 0.2) is 47.4 Å². The first-order chi connectivity index (χ1) is 9.96. The molecule has 0 saturated heterocycles. The summed E-state index contributed by atoms with van der Waals surface area (Å²) in [7, 11) is -0.716. The van der Waals surface area contributed by atoms with E-state index in [9.17, 15) is 8.42 Å². The summed E-state index contributed by atoms with van der Waals surface area (Å²) in [4.78, 5) is 0.113. The maximum atomic E-state index is 12.4. The molecule has 1 N–H and O–H groups in total. The van der Waals surface area contributed by atoms with E-state index < -0.39 is 10.0 Å². The third-order valence-corrected chi connectivity index (χ3v) is 4.31. The predicted octanol–water partition coefficient (Wildman–Crippen LogP) is 2.81. The lowest BCUT2D eigenvalue weighted by atomic mass is 10.2. The fourth-order valence-corrected chi connectivity index (χ4v) is 2.97. The Balaban J connectivity index is 2.35. The standard InChI is InChI=1S/C15H17NO4S/c1-11-5-4-6-12(9-11)16-21(17,18)13-7-8-14(19-2)15(10-13)20-3/h4-10,16H,1-3H3. The van der Waals surface area contributed by atoms with Crippen molar-refractivity contribution in [3.63, 3.8) is 0 Å². The first-order valence-electron chi connectivity index (χ1n) is 6.28. The van der Waals surface area contributed by atoms with Crippen LogP contribution in [0, 0.1) is 6.92 Å². The summed E-state index contributed by atoms with van der Waals surface area (Å²) in [6, 6.07) is 11.6. The van der Waals surface area contributed by atoms with Gasteiger partial charge in [-0.05, 0) is 36.8 Å². The minimum Gasteiger partial charge on any atom is -0.493 e. The van der Waals surface area contributed by atoms with E-state index >= 15 is 0 Å². The van der Waals surface area contributed by atoms with E-state index in [0.29, 0.717) is 17.2 Å². The predicted molar refractivity (Wildman–Crippen MR) is 81.5 cm³/mol. The van der Waals surface area contributed by atoms with Crippen molar-refractivity contribution in [2.75, 3.05) is 18.9 Å². The lowest BCUT2D eigenvalue weighted by molar-refractivity contribution is 0.354. The topological polar surface area (TPSA) is 64.6 Å². The summed E-state index contributed by atoms with van der Waals surface area (Å²) in [6.45, 7) is 1.90. The van der Waals surface area contributed by atoms with Crippen LogP contribution >= 0.6 is 0 Å². The van der Waals surface area contributed by atoms with Crippen LogP contribution in [0.25, 0.3) is 0 Å². The lowest BCUT2D eigenvalue weighted by Gasteiger charge is -2.12. The van der Waals surface area contributed by atoms with E-state index in [0.717, 1.165) is 5.56 Å². The maximum absolute atomic E-state index is 12.4. The zero-order valence-corrected chi connectivity index (χ0v) is 12.9. The molecule has 0 spiro atoms. The van der Waals surface area contributed by atoms with Gasteiger partial charge >= 0.3 is 0 Å². The molecule has 112 valence electrons. The minimum atomic E-state index is -3.67. The van der Waals surface area contributed by atoms with E-state index in [1.165, 1.54) is 26.4 Å². The normalized spacial score (nSPS) is 11.0. The minimum absolute atomic E-state index is 0.113. The van der Waals surface area contributed by atoms with Gasteiger partial charge in [0, 0.05) is 11.8 Å². The van der Waals surface area contributed by atoms with Crippen LogP contribution in [-0.2, 0) is 10.0 Å². The van der Waals surface area contributed by atoms with Crippen LogP contribution < -0.4 is 14.2 Å². The van der Waals surface area contributed by atoms with Gasteiger partial charge < -0.3 is 9.47 Å². The largest absolute Gasteiger partial charge is 0.493 e. The molecule has 0 atom stereocenters. The van der Waals surface area contributed by atoms with Crippen LogP contribution in [0.4, 0.5) is 5.69 Å². The summed E-state index contributed by atoms with van der Waals surface area (Å²) in [5.41, 5.74) is 1.49. The van der Waals surface area contributed by atoms with Gasteiger partial charge in [0.1, 0.15) is 0 Å². The highest BCUT2D eigenvalue weighted by Crippen LogP contribution is 2.30. The molecule has 0 aliphatic heterocycles. The van der Waals surface area contributed by atoms with Crippen LogP contribution in [0.2, 0.25) is 0 Å². The van der Waals surface area contributed by atoms with Gasteiger partial charge in [-0.2, -0.15) is 0 Å². The van der Waals surface area contributed by atoms with E-state index in [2.05, 4.69) is 4.72 Å². The van der Waals surface area contributed by atoms with E-state index in [-0.39, 0.29) is 4.90 Å². The molecule has 0 fully saturated rings. The van der Waals surface area contributed by atoms with Crippen molar-refractivity contribution in [1.82, 2.24) is 0 Å². The molecule has 5 nitrogen and oxygen atoms in total. The van der Waals surface area contributed by atoms with Crippen LogP contribution in [0.3, 0.4) is 0 Å². The summed E-state index contributed by atoms with van der Waals surface area (Å²) in [6.07, 6.45) is 0. The molecule has 0 aliphatic rings. The third-order valence-electron chi connectivity index (χ3n) is 2.94. The van der Waals surface area contributed by atoms with Gasteiger partial charge in [-0.1, -0.05) is 12.1 Å². The van der Waals surface area contributed by atoms with Crippen molar-refractivity contribution in [2.24, 2.45) is 0 Å². The van der Waals surface area contributed by atoms with Crippen molar-refractivity contribution < 1.29 is 17.9 Å². The Kier molecular flexibility index (Phi) is 4.37. The SMILES string of the molecule is COc1ccc(S(=O)(=O)Nc2cccc(C)c2)cc1OC. The molecule has 2 aromatic rings. The first-order valence-corrected chi connectivity index (χ1v) is 7.76. The fourth-order valence-electron chi connectivity index (χ4n) is 1.91. The Morgan fingerprint density at radius 3 is 2.29 bits per heavy atom. The number of rotatable bonds is 5. The number of sulfonamides is 1. The highest BCUT2D eigenvalue weighted by atomic mass is 32.2.